The van der Waals surface area contributed by atoms with E-state index in [0.717, 1.165) is 19.4 Å². The molecule has 0 unspecified atom stereocenters. The quantitative estimate of drug-likeness (QED) is 0.848. The highest BCUT2D eigenvalue weighted by atomic mass is 32.3. The van der Waals surface area contributed by atoms with Crippen LogP contribution in [-0.2, 0) is 14.6 Å². The Labute approximate surface area is 138 Å². The first-order chi connectivity index (χ1) is 10.7. The maximum absolute atomic E-state index is 9.33. The van der Waals surface area contributed by atoms with Gasteiger partial charge in [-0.15, -0.1) is 0 Å². The number of hydrogen-bond donors (Lipinski definition) is 1. The second-order valence-electron chi connectivity index (χ2n) is 5.07. The van der Waals surface area contributed by atoms with E-state index in [4.69, 9.17) is 9.29 Å². The lowest BCUT2D eigenvalue weighted by atomic mass is 10.1. The minimum absolute atomic E-state index is 0.631. The van der Waals surface area contributed by atoms with Gasteiger partial charge in [0.05, 0.1) is 12.8 Å². The molecular weight excluding hydrogens is 318 g/mol. The fourth-order valence-electron chi connectivity index (χ4n) is 1.97. The highest BCUT2D eigenvalue weighted by Crippen LogP contribution is 2.23. The molecule has 128 valence electrons. The Kier molecular flexibility index (Phi) is 7.28. The largest absolute Gasteiger partial charge is 0.487 e. The van der Waals surface area contributed by atoms with E-state index in [-0.39, 0.29) is 0 Å². The van der Waals surface area contributed by atoms with Gasteiger partial charge in [-0.05, 0) is 31.1 Å². The highest BCUT2D eigenvalue weighted by molar-refractivity contribution is 7.80. The van der Waals surface area contributed by atoms with Gasteiger partial charge in [-0.1, -0.05) is 30.4 Å². The molecule has 0 bridgehead atoms. The summed E-state index contributed by atoms with van der Waals surface area (Å²) >= 11 is 0. The third kappa shape index (κ3) is 6.85. The summed E-state index contributed by atoms with van der Waals surface area (Å²) in [6, 6.07) is 6.23. The molecule has 1 aromatic carbocycles. The standard InChI is InChI=1S/C15H19NO.CH4O4S/c1-12-7-6-8-13(2)15(12)17-11-14-9-4-5-10-16(14)3;1-5-6(2,3)4/h4-9H,10-11H2,1-3H3;1H3,(H,2,3,4). The predicted molar refractivity (Wildman–Crippen MR) is 89.8 cm³/mol. The molecule has 0 amide bonds. The molecule has 0 saturated carbocycles. The van der Waals surface area contributed by atoms with Gasteiger partial charge in [0.2, 0.25) is 0 Å². The van der Waals surface area contributed by atoms with Gasteiger partial charge in [0.1, 0.15) is 12.4 Å². The predicted octanol–water partition coefficient (Wildman–Crippen LogP) is 2.50. The Bertz CT molecular complexity index is 659. The molecule has 1 aliphatic heterocycles. The molecule has 0 saturated heterocycles. The summed E-state index contributed by atoms with van der Waals surface area (Å²) in [4.78, 5) is 2.20. The summed E-state index contributed by atoms with van der Waals surface area (Å²) in [7, 11) is -1.20. The zero-order valence-corrected chi connectivity index (χ0v) is 14.6. The van der Waals surface area contributed by atoms with Crippen molar-refractivity contribution in [2.24, 2.45) is 0 Å². The van der Waals surface area contributed by atoms with E-state index in [2.05, 4.69) is 66.4 Å². The van der Waals surface area contributed by atoms with Crippen molar-refractivity contribution in [3.05, 3.63) is 53.3 Å². The van der Waals surface area contributed by atoms with Crippen LogP contribution in [0.4, 0.5) is 0 Å². The smallest absolute Gasteiger partial charge is 0.397 e. The SMILES string of the molecule is COS(=O)(=O)O.Cc1cccc(C)c1OCC1=CC=CCN1C. The summed E-state index contributed by atoms with van der Waals surface area (Å²) < 4.78 is 35.6. The van der Waals surface area contributed by atoms with E-state index in [1.165, 1.54) is 16.8 Å². The zero-order valence-electron chi connectivity index (χ0n) is 13.8. The normalized spacial score (nSPS) is 14.0. The first-order valence-electron chi connectivity index (χ1n) is 7.03. The van der Waals surface area contributed by atoms with Crippen LogP contribution in [0, 0.1) is 13.8 Å². The molecule has 1 aliphatic rings. The van der Waals surface area contributed by atoms with E-state index in [1.807, 2.05) is 0 Å². The van der Waals surface area contributed by atoms with Gasteiger partial charge in [0.25, 0.3) is 0 Å². The van der Waals surface area contributed by atoms with Gasteiger partial charge in [0.15, 0.2) is 0 Å². The van der Waals surface area contributed by atoms with E-state index < -0.39 is 10.4 Å². The van der Waals surface area contributed by atoms with Gasteiger partial charge in [-0.2, -0.15) is 8.42 Å². The molecule has 1 heterocycles. The lowest BCUT2D eigenvalue weighted by molar-refractivity contribution is 0.296. The van der Waals surface area contributed by atoms with Crippen LogP contribution in [0.5, 0.6) is 5.75 Å². The average molecular weight is 341 g/mol. The summed E-state index contributed by atoms with van der Waals surface area (Å²) in [6.07, 6.45) is 6.34. The van der Waals surface area contributed by atoms with Crippen molar-refractivity contribution in [1.82, 2.24) is 4.90 Å². The van der Waals surface area contributed by atoms with Crippen LogP contribution in [0.1, 0.15) is 11.1 Å². The van der Waals surface area contributed by atoms with Crippen molar-refractivity contribution >= 4 is 10.4 Å². The van der Waals surface area contributed by atoms with E-state index >= 15 is 0 Å². The minimum atomic E-state index is -4.16. The maximum atomic E-state index is 9.33. The summed E-state index contributed by atoms with van der Waals surface area (Å²) in [5.41, 5.74) is 3.61. The Balaban J connectivity index is 0.000000379. The Morgan fingerprint density at radius 3 is 2.30 bits per heavy atom. The summed E-state index contributed by atoms with van der Waals surface area (Å²) in [6.45, 7) is 5.76. The lowest BCUT2D eigenvalue weighted by Crippen LogP contribution is -2.24. The second-order valence-corrected chi connectivity index (χ2v) is 6.26. The number of hydrogen-bond acceptors (Lipinski definition) is 5. The van der Waals surface area contributed by atoms with Crippen LogP contribution in [-0.4, -0.2) is 45.2 Å². The number of benzene rings is 1. The number of ether oxygens (including phenoxy) is 1. The minimum Gasteiger partial charge on any atom is -0.487 e. The fraction of sp³-hybridized carbons (Fsp3) is 0.375. The number of allylic oxidation sites excluding steroid dienone is 2. The van der Waals surface area contributed by atoms with Gasteiger partial charge in [-0.25, -0.2) is 0 Å². The van der Waals surface area contributed by atoms with Crippen LogP contribution in [0.25, 0.3) is 0 Å². The van der Waals surface area contributed by atoms with Crippen molar-refractivity contribution in [2.45, 2.75) is 13.8 Å². The third-order valence-corrected chi connectivity index (χ3v) is 3.70. The Morgan fingerprint density at radius 1 is 1.26 bits per heavy atom. The number of rotatable bonds is 4. The molecule has 2 rings (SSSR count). The monoisotopic (exact) mass is 341 g/mol. The number of aryl methyl sites for hydroxylation is 2. The van der Waals surface area contributed by atoms with Crippen LogP contribution in [0.15, 0.2) is 42.1 Å². The molecule has 0 atom stereocenters. The van der Waals surface area contributed by atoms with E-state index in [1.54, 1.807) is 0 Å². The van der Waals surface area contributed by atoms with Crippen molar-refractivity contribution < 1.29 is 21.9 Å². The number of para-hydroxylation sites is 1. The highest BCUT2D eigenvalue weighted by Gasteiger charge is 2.08. The Morgan fingerprint density at radius 2 is 1.83 bits per heavy atom. The van der Waals surface area contributed by atoms with Crippen LogP contribution in [0.3, 0.4) is 0 Å². The van der Waals surface area contributed by atoms with Crippen molar-refractivity contribution in [1.29, 1.82) is 0 Å². The fourth-order valence-corrected chi connectivity index (χ4v) is 1.97. The van der Waals surface area contributed by atoms with Crippen LogP contribution in [0.2, 0.25) is 0 Å². The first-order valence-corrected chi connectivity index (χ1v) is 8.40. The molecule has 23 heavy (non-hydrogen) atoms. The average Bonchev–Trinajstić information content (AvgIpc) is 2.48. The van der Waals surface area contributed by atoms with Gasteiger partial charge in [0, 0.05) is 13.6 Å². The summed E-state index contributed by atoms with van der Waals surface area (Å²) in [5, 5.41) is 0. The molecule has 0 aliphatic carbocycles. The Hall–Kier alpha value is -1.83. The van der Waals surface area contributed by atoms with E-state index in [0.29, 0.717) is 6.61 Å². The number of likely N-dealkylation sites (N-methyl/N-ethyl adjacent to an activating group) is 1. The summed E-state index contributed by atoms with van der Waals surface area (Å²) in [5.74, 6) is 1.01. The molecule has 1 N–H and O–H groups in total. The first kappa shape index (κ1) is 19.2. The lowest BCUT2D eigenvalue weighted by Gasteiger charge is -2.24. The van der Waals surface area contributed by atoms with Gasteiger partial charge < -0.3 is 9.64 Å². The molecule has 6 nitrogen and oxygen atoms in total. The van der Waals surface area contributed by atoms with Crippen molar-refractivity contribution in [2.75, 3.05) is 27.3 Å². The van der Waals surface area contributed by atoms with Crippen LogP contribution < -0.4 is 4.74 Å². The molecule has 0 radical (unpaired) electrons. The van der Waals surface area contributed by atoms with Crippen molar-refractivity contribution in [3.8, 4) is 5.75 Å². The maximum Gasteiger partial charge on any atom is 0.397 e. The molecule has 7 heteroatoms. The van der Waals surface area contributed by atoms with Gasteiger partial charge in [-0.3, -0.25) is 8.74 Å². The third-order valence-electron chi connectivity index (χ3n) is 3.28. The van der Waals surface area contributed by atoms with Gasteiger partial charge >= 0.3 is 10.4 Å². The molecule has 1 aromatic rings. The topological polar surface area (TPSA) is 76.1 Å². The number of nitrogens with zero attached hydrogens (tertiary/aromatic N) is 1. The molecule has 0 spiro atoms. The molecule has 0 aromatic heterocycles. The van der Waals surface area contributed by atoms with Crippen LogP contribution >= 0.6 is 0 Å². The zero-order chi connectivity index (χ0) is 17.5. The molecular formula is C16H23NO5S. The van der Waals surface area contributed by atoms with E-state index in [9.17, 15) is 8.42 Å². The molecule has 0 fully saturated rings. The van der Waals surface area contributed by atoms with Crippen molar-refractivity contribution in [3.63, 3.8) is 0 Å². The second kappa shape index (κ2) is 8.71.